The predicted molar refractivity (Wildman–Crippen MR) is 187 cm³/mol. The molecule has 4 rings (SSSR count). The van der Waals surface area contributed by atoms with E-state index in [0.717, 1.165) is 16.0 Å². The number of ether oxygens (including phenoxy) is 1. The van der Waals surface area contributed by atoms with Gasteiger partial charge >= 0.3 is 0 Å². The van der Waals surface area contributed by atoms with Crippen molar-refractivity contribution in [3.63, 3.8) is 0 Å². The van der Waals surface area contributed by atoms with Crippen LogP contribution in [-0.4, -0.2) is 103 Å². The van der Waals surface area contributed by atoms with Crippen molar-refractivity contribution in [3.05, 3.63) is 46.8 Å². The molecular weight excluding hydrogens is 664 g/mol. The fraction of sp³-hybridized carbons (Fsp3) is 0.543. The summed E-state index contributed by atoms with van der Waals surface area (Å²) in [6, 6.07) is 6.44. The Bertz CT molecular complexity index is 1550. The van der Waals surface area contributed by atoms with Gasteiger partial charge < -0.3 is 41.7 Å². The predicted octanol–water partition coefficient (Wildman–Crippen LogP) is 0.560. The maximum atomic E-state index is 14.0. The summed E-state index contributed by atoms with van der Waals surface area (Å²) in [5, 5.41) is 23.5. The SMILES string of the molecule is Cc1ccsc1-c1ccc([C@@H]2CC(=O)NCC(=O)C[C@H](CN)C(=O)NCCOCC(=O)N[C@@H](C(C)(C)C)C(=O)N3C[C@H](O)C[C@H]3C(=O)N2)cc1. The molecule has 0 bridgehead atoms. The normalized spacial score (nSPS) is 25.8. The largest absolute Gasteiger partial charge is 0.391 e. The van der Waals surface area contributed by atoms with Gasteiger partial charge in [-0.15, -0.1) is 11.3 Å². The molecule has 2 aromatic rings. The average molecular weight is 713 g/mol. The number of thiophene rings is 1. The van der Waals surface area contributed by atoms with Gasteiger partial charge in [-0.25, -0.2) is 0 Å². The highest BCUT2D eigenvalue weighted by Gasteiger charge is 2.45. The zero-order chi connectivity index (χ0) is 36.6. The van der Waals surface area contributed by atoms with Crippen molar-refractivity contribution in [2.45, 2.75) is 71.2 Å². The van der Waals surface area contributed by atoms with Crippen LogP contribution >= 0.6 is 11.3 Å². The Morgan fingerprint density at radius 1 is 0.960 bits per heavy atom. The maximum Gasteiger partial charge on any atom is 0.246 e. The van der Waals surface area contributed by atoms with Crippen molar-refractivity contribution in [1.29, 1.82) is 0 Å². The molecule has 0 saturated carbocycles. The van der Waals surface area contributed by atoms with E-state index in [4.69, 9.17) is 10.5 Å². The maximum absolute atomic E-state index is 14.0. The summed E-state index contributed by atoms with van der Waals surface area (Å²) in [6.45, 7) is 6.39. The molecule has 0 unspecified atom stereocenters. The molecule has 14 nitrogen and oxygen atoms in total. The highest BCUT2D eigenvalue weighted by molar-refractivity contribution is 7.13. The number of fused-ring (bicyclic) bond motifs is 1. The number of aryl methyl sites for hydroxylation is 1. The first-order valence-electron chi connectivity index (χ1n) is 16.7. The molecule has 2 aliphatic rings. The van der Waals surface area contributed by atoms with Crippen LogP contribution in [0.1, 0.15) is 57.2 Å². The van der Waals surface area contributed by atoms with E-state index in [1.165, 1.54) is 4.90 Å². The molecule has 2 saturated heterocycles. The standard InChI is InChI=1S/C35H48N6O8S/c1-20-9-12-50-30(20)22-7-5-21(6-8-22)26-15-28(44)38-17-24(42)13-23(16-36)32(46)37-10-11-49-19-29(45)40-31(35(2,3)4)34(48)41-18-25(43)14-27(41)33(47)39-26/h5-9,12,23,25-27,31,43H,10-11,13-19,36H2,1-4H3,(H,37,46)(H,38,44)(H,39,47)(H,40,45)/t23-,25-,26+,27+,31-/m1/s1. The Morgan fingerprint density at radius 2 is 1.68 bits per heavy atom. The smallest absolute Gasteiger partial charge is 0.246 e. The molecule has 15 heteroatoms. The van der Waals surface area contributed by atoms with Crippen LogP contribution in [0.3, 0.4) is 0 Å². The summed E-state index contributed by atoms with van der Waals surface area (Å²) < 4.78 is 5.41. The molecule has 5 atom stereocenters. The lowest BCUT2D eigenvalue weighted by Gasteiger charge is -2.35. The minimum atomic E-state index is -1.08. The van der Waals surface area contributed by atoms with Crippen LogP contribution in [0.25, 0.3) is 10.4 Å². The topological polar surface area (TPSA) is 209 Å². The Kier molecular flexibility index (Phi) is 13.3. The van der Waals surface area contributed by atoms with Gasteiger partial charge in [0.2, 0.25) is 29.5 Å². The lowest BCUT2D eigenvalue weighted by atomic mass is 9.85. The number of ketones is 1. The first-order valence-corrected chi connectivity index (χ1v) is 17.6. The number of aliphatic hydroxyl groups is 1. The molecular formula is C35H48N6O8S. The van der Waals surface area contributed by atoms with Crippen LogP contribution in [0.15, 0.2) is 35.7 Å². The summed E-state index contributed by atoms with van der Waals surface area (Å²) in [6.07, 6.45) is -1.46. The second-order valence-corrected chi connectivity index (χ2v) is 14.8. The van der Waals surface area contributed by atoms with Crippen molar-refractivity contribution in [2.24, 2.45) is 17.1 Å². The fourth-order valence-electron chi connectivity index (χ4n) is 6.02. The number of nitrogens with one attached hydrogen (secondary N) is 4. The molecule has 2 aliphatic heterocycles. The molecule has 2 fully saturated rings. The number of carbonyl (C=O) groups excluding carboxylic acids is 6. The van der Waals surface area contributed by atoms with Crippen molar-refractivity contribution >= 4 is 46.7 Å². The molecule has 0 radical (unpaired) electrons. The molecule has 7 N–H and O–H groups in total. The number of carbonyl (C=O) groups is 6. The highest BCUT2D eigenvalue weighted by atomic mass is 32.1. The van der Waals surface area contributed by atoms with Crippen LogP contribution in [0.2, 0.25) is 0 Å². The van der Waals surface area contributed by atoms with E-state index in [0.29, 0.717) is 5.56 Å². The number of amides is 5. The number of benzene rings is 1. The van der Waals surface area contributed by atoms with Gasteiger partial charge in [0.25, 0.3) is 0 Å². The summed E-state index contributed by atoms with van der Waals surface area (Å²) in [7, 11) is 0. The van der Waals surface area contributed by atoms with Crippen LogP contribution in [0.4, 0.5) is 0 Å². The number of Topliss-reactive ketones (excluding diaryl/α,β-unsaturated/α-hetero) is 1. The minimum Gasteiger partial charge on any atom is -0.391 e. The quantitative estimate of drug-likeness (QED) is 0.262. The van der Waals surface area contributed by atoms with Gasteiger partial charge in [-0.3, -0.25) is 28.8 Å². The van der Waals surface area contributed by atoms with E-state index >= 15 is 0 Å². The van der Waals surface area contributed by atoms with Crippen molar-refractivity contribution in [2.75, 3.05) is 39.4 Å². The number of nitrogens with two attached hydrogens (primary N) is 1. The summed E-state index contributed by atoms with van der Waals surface area (Å²) in [4.78, 5) is 81.8. The summed E-state index contributed by atoms with van der Waals surface area (Å²) in [5.41, 5.74) is 7.68. The molecule has 0 aliphatic carbocycles. The number of rotatable bonds is 3. The summed E-state index contributed by atoms with van der Waals surface area (Å²) in [5.74, 6) is -3.93. The second-order valence-electron chi connectivity index (χ2n) is 13.9. The summed E-state index contributed by atoms with van der Waals surface area (Å²) >= 11 is 1.60. The van der Waals surface area contributed by atoms with E-state index < -0.39 is 77.5 Å². The van der Waals surface area contributed by atoms with Gasteiger partial charge in [-0.1, -0.05) is 45.0 Å². The van der Waals surface area contributed by atoms with Crippen LogP contribution in [0.5, 0.6) is 0 Å². The third kappa shape index (κ3) is 10.2. The Hall–Kier alpha value is -4.18. The van der Waals surface area contributed by atoms with Gasteiger partial charge in [0.05, 0.1) is 37.6 Å². The van der Waals surface area contributed by atoms with Crippen molar-refractivity contribution < 1.29 is 38.6 Å². The van der Waals surface area contributed by atoms with Crippen LogP contribution < -0.4 is 27.0 Å². The van der Waals surface area contributed by atoms with Crippen molar-refractivity contribution in [1.82, 2.24) is 26.2 Å². The van der Waals surface area contributed by atoms with E-state index in [2.05, 4.69) is 21.3 Å². The number of hydrogen-bond donors (Lipinski definition) is 6. The van der Waals surface area contributed by atoms with E-state index in [-0.39, 0.29) is 52.0 Å². The monoisotopic (exact) mass is 712 g/mol. The Labute approximate surface area is 295 Å². The van der Waals surface area contributed by atoms with Gasteiger partial charge in [0.15, 0.2) is 5.78 Å². The molecule has 272 valence electrons. The number of aliphatic hydroxyl groups excluding tert-OH is 1. The lowest BCUT2D eigenvalue weighted by Crippen LogP contribution is -2.58. The van der Waals surface area contributed by atoms with Gasteiger partial charge in [0, 0.05) is 37.4 Å². The molecule has 5 amide bonds. The average Bonchev–Trinajstić information content (AvgIpc) is 3.68. The number of nitrogens with zero attached hydrogens (tertiary/aromatic N) is 1. The fourth-order valence-corrected chi connectivity index (χ4v) is 6.95. The lowest BCUT2D eigenvalue weighted by molar-refractivity contribution is -0.144. The molecule has 1 aromatic heterocycles. The zero-order valence-electron chi connectivity index (χ0n) is 29.0. The molecule has 1 aromatic carbocycles. The Morgan fingerprint density at radius 3 is 2.32 bits per heavy atom. The van der Waals surface area contributed by atoms with Gasteiger partial charge in [0.1, 0.15) is 18.7 Å². The molecule has 50 heavy (non-hydrogen) atoms. The highest BCUT2D eigenvalue weighted by Crippen LogP contribution is 2.31. The van der Waals surface area contributed by atoms with E-state index in [1.807, 2.05) is 42.6 Å². The van der Waals surface area contributed by atoms with E-state index in [1.54, 1.807) is 32.1 Å². The Balaban J connectivity index is 1.63. The van der Waals surface area contributed by atoms with Gasteiger partial charge in [-0.2, -0.15) is 0 Å². The second kappa shape index (κ2) is 17.2. The van der Waals surface area contributed by atoms with Crippen molar-refractivity contribution in [3.8, 4) is 10.4 Å². The van der Waals surface area contributed by atoms with E-state index in [9.17, 15) is 33.9 Å². The van der Waals surface area contributed by atoms with Gasteiger partial charge in [-0.05, 0) is 40.5 Å². The minimum absolute atomic E-state index is 0.0211. The molecule has 3 heterocycles. The molecule has 0 spiro atoms. The third-order valence-electron chi connectivity index (χ3n) is 8.82. The van der Waals surface area contributed by atoms with Crippen LogP contribution in [0, 0.1) is 18.3 Å². The number of hydrogen-bond acceptors (Lipinski definition) is 10. The first-order chi connectivity index (χ1) is 23.7. The van der Waals surface area contributed by atoms with Crippen LogP contribution in [-0.2, 0) is 33.5 Å². The third-order valence-corrected chi connectivity index (χ3v) is 9.88. The first kappa shape index (κ1) is 38.6. The zero-order valence-corrected chi connectivity index (χ0v) is 29.8.